The van der Waals surface area contributed by atoms with Gasteiger partial charge in [-0.3, -0.25) is 9.10 Å². The van der Waals surface area contributed by atoms with Gasteiger partial charge in [-0.2, -0.15) is 0 Å². The van der Waals surface area contributed by atoms with Crippen molar-refractivity contribution < 1.29 is 32.2 Å². The number of aryl methyl sites for hydroxylation is 1. The number of halogens is 1. The van der Waals surface area contributed by atoms with Crippen LogP contribution in [0.4, 0.5) is 5.69 Å². The van der Waals surface area contributed by atoms with Gasteiger partial charge < -0.3 is 24.3 Å². The first-order valence-corrected chi connectivity index (χ1v) is 14.1. The predicted molar refractivity (Wildman–Crippen MR) is 149 cm³/mol. The molecule has 0 bridgehead atoms. The first kappa shape index (κ1) is 28.4. The Kier molecular flexibility index (Phi) is 8.76. The Hall–Kier alpha value is -3.63. The lowest BCUT2D eigenvalue weighted by Crippen LogP contribution is -2.42. The van der Waals surface area contributed by atoms with Crippen LogP contribution in [-0.4, -0.2) is 49.3 Å². The number of carbonyl (C=O) groups is 1. The maximum Gasteiger partial charge on any atom is 0.265 e. The Labute approximate surface area is 233 Å². The van der Waals surface area contributed by atoms with E-state index in [2.05, 4.69) is 5.32 Å². The second-order valence-electron chi connectivity index (χ2n) is 8.92. The average molecular weight is 575 g/mol. The van der Waals surface area contributed by atoms with Crippen LogP contribution in [0.15, 0.2) is 59.5 Å². The number of hydrogen-bond donors (Lipinski definition) is 1. The Balaban J connectivity index is 1.71. The molecule has 3 aromatic rings. The molecular formula is C28H31ClN2O7S. The van der Waals surface area contributed by atoms with E-state index in [1.54, 1.807) is 19.2 Å². The number of anilines is 1. The molecule has 39 heavy (non-hydrogen) atoms. The molecule has 3 aromatic carbocycles. The molecule has 0 aromatic heterocycles. The van der Waals surface area contributed by atoms with Crippen molar-refractivity contribution in [1.29, 1.82) is 0 Å². The molecule has 0 saturated carbocycles. The molecule has 0 saturated heterocycles. The van der Waals surface area contributed by atoms with Crippen molar-refractivity contribution in [3.05, 3.63) is 70.7 Å². The summed E-state index contributed by atoms with van der Waals surface area (Å²) in [6, 6.07) is 14.3. The van der Waals surface area contributed by atoms with Gasteiger partial charge in [0.15, 0.2) is 11.5 Å². The third kappa shape index (κ3) is 6.02. The molecule has 208 valence electrons. The number of methoxy groups -OCH3 is 4. The van der Waals surface area contributed by atoms with Crippen LogP contribution in [0, 0.1) is 0 Å². The highest BCUT2D eigenvalue weighted by molar-refractivity contribution is 7.92. The summed E-state index contributed by atoms with van der Waals surface area (Å²) < 4.78 is 50.4. The molecule has 4 rings (SSSR count). The van der Waals surface area contributed by atoms with E-state index in [-0.39, 0.29) is 33.1 Å². The Morgan fingerprint density at radius 3 is 2.33 bits per heavy atom. The van der Waals surface area contributed by atoms with Crippen LogP contribution in [0.3, 0.4) is 0 Å². The zero-order valence-electron chi connectivity index (χ0n) is 22.2. The average Bonchev–Trinajstić information content (AvgIpc) is 2.95. The summed E-state index contributed by atoms with van der Waals surface area (Å²) in [4.78, 5) is 13.4. The van der Waals surface area contributed by atoms with Gasteiger partial charge in [0.2, 0.25) is 5.91 Å². The third-order valence-corrected chi connectivity index (χ3v) is 8.63. The van der Waals surface area contributed by atoms with E-state index in [0.717, 1.165) is 40.4 Å². The molecule has 11 heteroatoms. The molecule has 1 atom stereocenters. The molecule has 1 aliphatic carbocycles. The van der Waals surface area contributed by atoms with Crippen molar-refractivity contribution in [2.24, 2.45) is 0 Å². The van der Waals surface area contributed by atoms with E-state index in [9.17, 15) is 13.2 Å². The number of rotatable bonds is 10. The van der Waals surface area contributed by atoms with Crippen molar-refractivity contribution >= 4 is 33.2 Å². The van der Waals surface area contributed by atoms with Crippen molar-refractivity contribution in [2.75, 3.05) is 39.3 Å². The van der Waals surface area contributed by atoms with Gasteiger partial charge in [-0.1, -0.05) is 17.7 Å². The second-order valence-corrected chi connectivity index (χ2v) is 11.2. The molecule has 0 fully saturated rings. The van der Waals surface area contributed by atoms with Crippen LogP contribution in [0.5, 0.6) is 23.0 Å². The lowest BCUT2D eigenvalue weighted by molar-refractivity contribution is -0.120. The minimum absolute atomic E-state index is 0.0925. The van der Waals surface area contributed by atoms with Crippen LogP contribution in [0.1, 0.15) is 30.0 Å². The van der Waals surface area contributed by atoms with E-state index in [0.29, 0.717) is 5.75 Å². The standard InChI is InChI=1S/C28H31ClN2O7S/c1-35-20-9-11-22-18(14-20)6-5-7-23(22)30-28(32)17-31(24-15-19(29)8-12-25(24)36-2)39(33,34)21-10-13-26(37-3)27(16-21)38-4/h8-16,23H,5-7,17H2,1-4H3,(H,30,32). The number of fused-ring (bicyclic) bond motifs is 1. The van der Waals surface area contributed by atoms with Gasteiger partial charge in [0.05, 0.1) is 45.1 Å². The van der Waals surface area contributed by atoms with Crippen molar-refractivity contribution in [3.63, 3.8) is 0 Å². The van der Waals surface area contributed by atoms with Crippen LogP contribution in [-0.2, 0) is 21.2 Å². The highest BCUT2D eigenvalue weighted by Gasteiger charge is 2.32. The number of ether oxygens (including phenoxy) is 4. The Bertz CT molecular complexity index is 1460. The topological polar surface area (TPSA) is 103 Å². The predicted octanol–water partition coefficient (Wildman–Crippen LogP) is 4.76. The molecule has 1 amide bonds. The molecule has 9 nitrogen and oxygen atoms in total. The number of nitrogens with one attached hydrogen (secondary N) is 1. The minimum atomic E-state index is -4.28. The second kappa shape index (κ2) is 12.0. The fourth-order valence-corrected chi connectivity index (χ4v) is 6.31. The zero-order chi connectivity index (χ0) is 28.2. The number of benzene rings is 3. The maximum atomic E-state index is 14.0. The lowest BCUT2D eigenvalue weighted by atomic mass is 9.87. The molecule has 0 radical (unpaired) electrons. The molecule has 0 heterocycles. The summed E-state index contributed by atoms with van der Waals surface area (Å²) in [5.74, 6) is 1.12. The van der Waals surface area contributed by atoms with Crippen LogP contribution in [0.25, 0.3) is 0 Å². The first-order valence-electron chi connectivity index (χ1n) is 12.3. The summed E-state index contributed by atoms with van der Waals surface area (Å²) in [5.41, 5.74) is 2.21. The van der Waals surface area contributed by atoms with Crippen molar-refractivity contribution in [3.8, 4) is 23.0 Å². The number of carbonyl (C=O) groups excluding carboxylic acids is 1. The Morgan fingerprint density at radius 2 is 1.64 bits per heavy atom. The number of sulfonamides is 1. The molecule has 0 aliphatic heterocycles. The highest BCUT2D eigenvalue weighted by Crippen LogP contribution is 2.37. The minimum Gasteiger partial charge on any atom is -0.497 e. The van der Waals surface area contributed by atoms with Gasteiger partial charge >= 0.3 is 0 Å². The van der Waals surface area contributed by atoms with E-state index < -0.39 is 22.5 Å². The molecule has 0 spiro atoms. The maximum absolute atomic E-state index is 14.0. The summed E-state index contributed by atoms with van der Waals surface area (Å²) in [7, 11) is 1.62. The monoisotopic (exact) mass is 574 g/mol. The van der Waals surface area contributed by atoms with Gasteiger partial charge in [0, 0.05) is 11.1 Å². The highest BCUT2D eigenvalue weighted by atomic mass is 35.5. The molecule has 1 unspecified atom stereocenters. The summed E-state index contributed by atoms with van der Waals surface area (Å²) in [6.07, 6.45) is 2.48. The number of hydrogen-bond acceptors (Lipinski definition) is 7. The third-order valence-electron chi connectivity index (χ3n) is 6.64. The molecule has 1 N–H and O–H groups in total. The summed E-state index contributed by atoms with van der Waals surface area (Å²) in [6.45, 7) is -0.505. The zero-order valence-corrected chi connectivity index (χ0v) is 23.8. The smallest absolute Gasteiger partial charge is 0.265 e. The quantitative estimate of drug-likeness (QED) is 0.372. The summed E-state index contributed by atoms with van der Waals surface area (Å²) >= 11 is 6.25. The van der Waals surface area contributed by atoms with E-state index in [4.69, 9.17) is 30.5 Å². The normalized spacial score (nSPS) is 14.6. The van der Waals surface area contributed by atoms with Gasteiger partial charge in [-0.25, -0.2) is 8.42 Å². The van der Waals surface area contributed by atoms with E-state index in [1.165, 1.54) is 45.6 Å². The van der Waals surface area contributed by atoms with Crippen molar-refractivity contribution in [2.45, 2.75) is 30.2 Å². The van der Waals surface area contributed by atoms with E-state index in [1.807, 2.05) is 18.2 Å². The van der Waals surface area contributed by atoms with Crippen LogP contribution >= 0.6 is 11.6 Å². The lowest BCUT2D eigenvalue weighted by Gasteiger charge is -2.29. The number of amides is 1. The van der Waals surface area contributed by atoms with Crippen LogP contribution in [0.2, 0.25) is 5.02 Å². The van der Waals surface area contributed by atoms with E-state index >= 15 is 0 Å². The number of nitrogens with zero attached hydrogens (tertiary/aromatic N) is 1. The SMILES string of the molecule is COc1ccc2c(c1)CCCC2NC(=O)CN(c1cc(Cl)ccc1OC)S(=O)(=O)c1ccc(OC)c(OC)c1. The van der Waals surface area contributed by atoms with Crippen molar-refractivity contribution in [1.82, 2.24) is 5.32 Å². The Morgan fingerprint density at radius 1 is 0.923 bits per heavy atom. The fraction of sp³-hybridized carbons (Fsp3) is 0.321. The molecular weight excluding hydrogens is 544 g/mol. The van der Waals surface area contributed by atoms with Gasteiger partial charge in [0.1, 0.15) is 18.0 Å². The van der Waals surface area contributed by atoms with Gasteiger partial charge in [0.25, 0.3) is 10.0 Å². The largest absolute Gasteiger partial charge is 0.497 e. The van der Waals surface area contributed by atoms with Crippen LogP contribution < -0.4 is 28.6 Å². The van der Waals surface area contributed by atoms with Gasteiger partial charge in [-0.15, -0.1) is 0 Å². The fourth-order valence-electron chi connectivity index (χ4n) is 4.70. The first-order chi connectivity index (χ1) is 18.7. The van der Waals surface area contributed by atoms with Gasteiger partial charge in [-0.05, 0) is 72.9 Å². The summed E-state index contributed by atoms with van der Waals surface area (Å²) in [5, 5.41) is 3.31. The molecule has 1 aliphatic rings.